The molecule has 2 aromatic carbocycles. The summed E-state index contributed by atoms with van der Waals surface area (Å²) in [7, 11) is 1.48. The predicted molar refractivity (Wildman–Crippen MR) is 126 cm³/mol. The fraction of sp³-hybridized carbons (Fsp3) is 0.440. The summed E-state index contributed by atoms with van der Waals surface area (Å²) in [4.78, 5) is 19.4. The van der Waals surface area contributed by atoms with Gasteiger partial charge >= 0.3 is 0 Å². The van der Waals surface area contributed by atoms with Crippen molar-refractivity contribution >= 4 is 23.0 Å². The van der Waals surface area contributed by atoms with Gasteiger partial charge in [-0.15, -0.1) is 0 Å². The van der Waals surface area contributed by atoms with E-state index in [1.807, 2.05) is 38.1 Å². The van der Waals surface area contributed by atoms with Crippen LogP contribution in [-0.4, -0.2) is 66.6 Å². The fourth-order valence-electron chi connectivity index (χ4n) is 4.40. The quantitative estimate of drug-likeness (QED) is 0.489. The van der Waals surface area contributed by atoms with Crippen LogP contribution < -0.4 is 10.1 Å². The van der Waals surface area contributed by atoms with Crippen LogP contribution in [0.3, 0.4) is 0 Å². The maximum atomic E-state index is 13.8. The van der Waals surface area contributed by atoms with Gasteiger partial charge in [0.15, 0.2) is 11.3 Å². The third-order valence-electron chi connectivity index (χ3n) is 6.07. The lowest BCUT2D eigenvalue weighted by molar-refractivity contribution is 0.0579. The van der Waals surface area contributed by atoms with E-state index in [1.54, 1.807) is 17.0 Å². The molecule has 34 heavy (non-hydrogen) atoms. The Kier molecular flexibility index (Phi) is 7.33. The van der Waals surface area contributed by atoms with Gasteiger partial charge in [-0.05, 0) is 38.0 Å². The van der Waals surface area contributed by atoms with E-state index in [4.69, 9.17) is 13.9 Å². The van der Waals surface area contributed by atoms with Crippen molar-refractivity contribution < 1.29 is 28.2 Å². The van der Waals surface area contributed by atoms with E-state index in [2.05, 4.69) is 10.3 Å². The van der Waals surface area contributed by atoms with Crippen LogP contribution in [0.2, 0.25) is 0 Å². The van der Waals surface area contributed by atoms with Gasteiger partial charge in [0, 0.05) is 18.7 Å². The molecule has 8 nitrogen and oxygen atoms in total. The van der Waals surface area contributed by atoms with Gasteiger partial charge in [-0.25, -0.2) is 4.39 Å². The number of likely N-dealkylation sites (tertiary alicyclic amines) is 1. The maximum absolute atomic E-state index is 13.8. The summed E-state index contributed by atoms with van der Waals surface area (Å²) < 4.78 is 30.8. The van der Waals surface area contributed by atoms with Crippen molar-refractivity contribution in [3.63, 3.8) is 0 Å². The molecule has 3 atom stereocenters. The van der Waals surface area contributed by atoms with E-state index in [-0.39, 0.29) is 30.7 Å². The number of hydrogen-bond acceptors (Lipinski definition) is 7. The van der Waals surface area contributed by atoms with Gasteiger partial charge in [0.1, 0.15) is 12.2 Å². The van der Waals surface area contributed by atoms with Crippen LogP contribution >= 0.6 is 0 Å². The number of alkyl halides is 1. The number of halogens is 1. The number of carbonyl (C=O) groups excluding carboxylic acids is 1. The monoisotopic (exact) mass is 471 g/mol. The number of amides is 1. The lowest BCUT2D eigenvalue weighted by Crippen LogP contribution is -2.38. The summed E-state index contributed by atoms with van der Waals surface area (Å²) in [5.74, 6) is 0.0928. The summed E-state index contributed by atoms with van der Waals surface area (Å²) in [5, 5.41) is 12.8. The first-order chi connectivity index (χ1) is 16.5. The van der Waals surface area contributed by atoms with Crippen molar-refractivity contribution in [3.05, 3.63) is 53.1 Å². The molecule has 0 radical (unpaired) electrons. The zero-order chi connectivity index (χ0) is 24.2. The lowest BCUT2D eigenvalue weighted by atomic mass is 10.1. The zero-order valence-corrected chi connectivity index (χ0v) is 19.6. The molecular formula is C25H30FN3O5. The highest BCUT2D eigenvalue weighted by atomic mass is 19.1. The second-order valence-corrected chi connectivity index (χ2v) is 8.42. The first-order valence-corrected chi connectivity index (χ1v) is 11.4. The standard InChI is InChI=1S/C25H30FN3O5/c1-4-33-19-11-18(14-30)29(13-19)24(31)17-9-20-23(22(10-17)32-3)34-25(27-20)28-21(12-26)16-7-5-6-15(2)8-16/h5-10,18-19,21,30H,4,11-14H2,1-3H3,(H,27,28)/t18?,19-,21?/m1/s1. The third-order valence-corrected chi connectivity index (χ3v) is 6.07. The predicted octanol–water partition coefficient (Wildman–Crippen LogP) is 3.88. The van der Waals surface area contributed by atoms with Crippen LogP contribution in [0.5, 0.6) is 5.75 Å². The number of aromatic nitrogens is 1. The lowest BCUT2D eigenvalue weighted by Gasteiger charge is -2.23. The normalized spacial score (nSPS) is 18.9. The molecule has 2 unspecified atom stereocenters. The molecule has 1 aromatic heterocycles. The number of aliphatic hydroxyl groups excluding tert-OH is 1. The summed E-state index contributed by atoms with van der Waals surface area (Å²) in [6.07, 6.45) is 0.468. The molecule has 1 aliphatic rings. The minimum Gasteiger partial charge on any atom is -0.493 e. The van der Waals surface area contributed by atoms with Crippen LogP contribution in [-0.2, 0) is 4.74 Å². The highest BCUT2D eigenvalue weighted by molar-refractivity contribution is 5.99. The average molecular weight is 472 g/mol. The Bertz CT molecular complexity index is 1150. The molecule has 2 N–H and O–H groups in total. The second-order valence-electron chi connectivity index (χ2n) is 8.42. The number of aliphatic hydroxyl groups is 1. The van der Waals surface area contributed by atoms with Gasteiger partial charge in [0.25, 0.3) is 11.9 Å². The van der Waals surface area contributed by atoms with Gasteiger partial charge in [-0.2, -0.15) is 4.98 Å². The molecule has 3 aromatic rings. The average Bonchev–Trinajstić information content (AvgIpc) is 3.45. The molecule has 9 heteroatoms. The number of anilines is 1. The van der Waals surface area contributed by atoms with Crippen LogP contribution in [0.25, 0.3) is 11.1 Å². The molecular weight excluding hydrogens is 441 g/mol. The van der Waals surface area contributed by atoms with Gasteiger partial charge in [0.05, 0.1) is 31.9 Å². The Hall–Kier alpha value is -3.17. The molecule has 0 saturated carbocycles. The summed E-state index contributed by atoms with van der Waals surface area (Å²) in [6, 6.07) is 9.95. The highest BCUT2D eigenvalue weighted by Gasteiger charge is 2.36. The van der Waals surface area contributed by atoms with Gasteiger partial charge in [-0.1, -0.05) is 29.8 Å². The van der Waals surface area contributed by atoms with E-state index < -0.39 is 12.7 Å². The number of fused-ring (bicyclic) bond motifs is 1. The second kappa shape index (κ2) is 10.4. The first kappa shape index (κ1) is 24.0. The number of oxazole rings is 1. The van der Waals surface area contributed by atoms with Crippen LogP contribution in [0.1, 0.15) is 40.9 Å². The minimum absolute atomic E-state index is 0.112. The molecule has 182 valence electrons. The molecule has 1 aliphatic heterocycles. The molecule has 0 aliphatic carbocycles. The largest absolute Gasteiger partial charge is 0.493 e. The van der Waals surface area contributed by atoms with Crippen LogP contribution in [0.15, 0.2) is 40.8 Å². The van der Waals surface area contributed by atoms with Gasteiger partial charge in [-0.3, -0.25) is 4.79 Å². The van der Waals surface area contributed by atoms with Crippen LogP contribution in [0, 0.1) is 6.92 Å². The summed E-state index contributed by atoms with van der Waals surface area (Å²) in [5.41, 5.74) is 2.93. The molecule has 4 rings (SSSR count). The topological polar surface area (TPSA) is 97.1 Å². The molecule has 2 heterocycles. The number of aryl methyl sites for hydroxylation is 1. The number of nitrogens with one attached hydrogen (secondary N) is 1. The number of hydrogen-bond donors (Lipinski definition) is 2. The molecule has 0 bridgehead atoms. The number of ether oxygens (including phenoxy) is 2. The van der Waals surface area contributed by atoms with Crippen molar-refractivity contribution in [1.82, 2.24) is 9.88 Å². The van der Waals surface area contributed by atoms with E-state index in [0.29, 0.717) is 42.0 Å². The van der Waals surface area contributed by atoms with Crippen LogP contribution in [0.4, 0.5) is 10.4 Å². The van der Waals surface area contributed by atoms with E-state index in [9.17, 15) is 14.3 Å². The van der Waals surface area contributed by atoms with Crippen molar-refractivity contribution in [2.24, 2.45) is 0 Å². The van der Waals surface area contributed by atoms with Crippen molar-refractivity contribution in [2.75, 3.05) is 38.9 Å². The van der Waals surface area contributed by atoms with Gasteiger partial charge in [0.2, 0.25) is 0 Å². The van der Waals surface area contributed by atoms with Gasteiger partial charge < -0.3 is 29.2 Å². The van der Waals surface area contributed by atoms with E-state index in [1.165, 1.54) is 7.11 Å². The third kappa shape index (κ3) is 4.85. The Morgan fingerprint density at radius 2 is 2.21 bits per heavy atom. The molecule has 1 amide bonds. The molecule has 1 fully saturated rings. The number of rotatable bonds is 9. The Labute approximate surface area is 197 Å². The van der Waals surface area contributed by atoms with Crippen molar-refractivity contribution in [3.8, 4) is 5.75 Å². The van der Waals surface area contributed by atoms with E-state index in [0.717, 1.165) is 11.1 Å². The van der Waals surface area contributed by atoms with Crippen molar-refractivity contribution in [2.45, 2.75) is 38.5 Å². The Balaban J connectivity index is 1.62. The number of methoxy groups -OCH3 is 1. The van der Waals surface area contributed by atoms with Crippen molar-refractivity contribution in [1.29, 1.82) is 0 Å². The Morgan fingerprint density at radius 1 is 1.38 bits per heavy atom. The van der Waals surface area contributed by atoms with E-state index >= 15 is 0 Å². The molecule has 0 spiro atoms. The maximum Gasteiger partial charge on any atom is 0.296 e. The highest BCUT2D eigenvalue weighted by Crippen LogP contribution is 2.33. The summed E-state index contributed by atoms with van der Waals surface area (Å²) >= 11 is 0. The SMILES string of the molecule is CCO[C@@H]1CC(CO)N(C(=O)c2cc(OC)c3oc(NC(CF)c4cccc(C)c4)nc3c2)C1. The molecule has 1 saturated heterocycles. The summed E-state index contributed by atoms with van der Waals surface area (Å²) in [6.45, 7) is 4.00. The minimum atomic E-state index is -0.651. The number of carbonyl (C=O) groups is 1. The zero-order valence-electron chi connectivity index (χ0n) is 19.6. The number of benzene rings is 2. The smallest absolute Gasteiger partial charge is 0.296 e. The Morgan fingerprint density at radius 3 is 2.88 bits per heavy atom. The first-order valence-electron chi connectivity index (χ1n) is 11.4. The number of nitrogens with zero attached hydrogens (tertiary/aromatic N) is 2. The fourth-order valence-corrected chi connectivity index (χ4v) is 4.40.